The van der Waals surface area contributed by atoms with Crippen LogP contribution in [0, 0.1) is 18.8 Å². The predicted octanol–water partition coefficient (Wildman–Crippen LogP) is 4.03. The highest BCUT2D eigenvalue weighted by atomic mass is 19.4. The van der Waals surface area contributed by atoms with Crippen LogP contribution in [0.1, 0.15) is 34.4 Å². The third kappa shape index (κ3) is 5.53. The Morgan fingerprint density at radius 1 is 1.08 bits per heavy atom. The largest absolute Gasteiger partial charge is 0.490 e. The highest BCUT2D eigenvalue weighted by molar-refractivity contribution is 5.74. The standard InChI is InChI=1S/C25H21N5O2.C2HF3O2/c1-18-9-11-21(16-19(18)10-12-22-17-27-23-8-5-14-28-29(22)23)25(20-6-3-2-4-7-20)13-15-32-30(25)24(26)31;3-2(4,5)1(6)7/h2-9,11,14,16-17H,13,15H2,1H3,(H2,26,31);(H,6,7). The molecule has 1 fully saturated rings. The molecule has 3 N–H and O–H groups in total. The van der Waals surface area contributed by atoms with Gasteiger partial charge in [-0.05, 0) is 47.7 Å². The van der Waals surface area contributed by atoms with Crippen LogP contribution in [-0.2, 0) is 15.2 Å². The molecule has 5 rings (SSSR count). The Kier molecular flexibility index (Phi) is 7.55. The number of carbonyl (C=O) groups excluding carboxylic acids is 1. The maximum atomic E-state index is 12.3. The molecule has 1 saturated heterocycles. The molecule has 0 radical (unpaired) electrons. The molecule has 9 nitrogen and oxygen atoms in total. The maximum absolute atomic E-state index is 12.3. The van der Waals surface area contributed by atoms with E-state index in [0.717, 1.165) is 27.9 Å². The summed E-state index contributed by atoms with van der Waals surface area (Å²) in [4.78, 5) is 31.2. The van der Waals surface area contributed by atoms with Crippen molar-refractivity contribution in [3.63, 3.8) is 0 Å². The topological polar surface area (TPSA) is 123 Å². The lowest BCUT2D eigenvalue weighted by Crippen LogP contribution is -2.47. The Morgan fingerprint density at radius 2 is 1.79 bits per heavy atom. The molecule has 0 saturated carbocycles. The first-order valence-corrected chi connectivity index (χ1v) is 11.5. The van der Waals surface area contributed by atoms with E-state index in [0.29, 0.717) is 18.7 Å². The Balaban J connectivity index is 0.000000448. The van der Waals surface area contributed by atoms with Crippen molar-refractivity contribution in [2.45, 2.75) is 25.1 Å². The summed E-state index contributed by atoms with van der Waals surface area (Å²) in [6, 6.07) is 18.9. The lowest BCUT2D eigenvalue weighted by atomic mass is 9.79. The molecule has 0 spiro atoms. The Morgan fingerprint density at radius 3 is 2.46 bits per heavy atom. The van der Waals surface area contributed by atoms with E-state index in [9.17, 15) is 18.0 Å². The number of primary amides is 1. The van der Waals surface area contributed by atoms with E-state index in [1.54, 1.807) is 16.9 Å². The molecule has 0 bridgehead atoms. The Bertz CT molecular complexity index is 1580. The van der Waals surface area contributed by atoms with E-state index in [-0.39, 0.29) is 0 Å². The molecule has 200 valence electrons. The van der Waals surface area contributed by atoms with Crippen molar-refractivity contribution in [3.8, 4) is 11.8 Å². The van der Waals surface area contributed by atoms with Crippen LogP contribution in [0.2, 0.25) is 0 Å². The number of rotatable bonds is 2. The summed E-state index contributed by atoms with van der Waals surface area (Å²) in [6.07, 6.45) is -1.08. The zero-order chi connectivity index (χ0) is 28.2. The quantitative estimate of drug-likeness (QED) is 0.372. The number of alkyl halides is 3. The predicted molar refractivity (Wildman–Crippen MR) is 133 cm³/mol. The fourth-order valence-electron chi connectivity index (χ4n) is 4.21. The number of aryl methyl sites for hydroxylation is 1. The van der Waals surface area contributed by atoms with E-state index in [4.69, 9.17) is 20.5 Å². The first-order chi connectivity index (χ1) is 18.5. The van der Waals surface area contributed by atoms with Gasteiger partial charge in [-0.1, -0.05) is 48.4 Å². The number of carbonyl (C=O) groups is 2. The third-order valence-electron chi connectivity index (χ3n) is 6.04. The van der Waals surface area contributed by atoms with Crippen LogP contribution in [-0.4, -0.2) is 49.6 Å². The number of halogens is 3. The van der Waals surface area contributed by atoms with Crippen LogP contribution in [0.25, 0.3) is 5.65 Å². The van der Waals surface area contributed by atoms with Crippen molar-refractivity contribution >= 4 is 17.6 Å². The van der Waals surface area contributed by atoms with Gasteiger partial charge in [0.25, 0.3) is 0 Å². The average molecular weight is 537 g/mol. The van der Waals surface area contributed by atoms with E-state index >= 15 is 0 Å². The van der Waals surface area contributed by atoms with Gasteiger partial charge in [0.2, 0.25) is 0 Å². The number of hydrogen-bond donors (Lipinski definition) is 2. The van der Waals surface area contributed by atoms with Crippen LogP contribution in [0.4, 0.5) is 18.0 Å². The molecular formula is C27H22F3N5O4. The summed E-state index contributed by atoms with van der Waals surface area (Å²) in [5.74, 6) is 3.68. The minimum atomic E-state index is -5.08. The lowest BCUT2D eigenvalue weighted by molar-refractivity contribution is -0.192. The number of carboxylic acid groups (broad SMARTS) is 1. The fraction of sp³-hybridized carbons (Fsp3) is 0.185. The summed E-state index contributed by atoms with van der Waals surface area (Å²) in [5.41, 5.74) is 10.0. The number of hydroxylamine groups is 2. The summed E-state index contributed by atoms with van der Waals surface area (Å²) < 4.78 is 33.4. The number of amides is 2. The van der Waals surface area contributed by atoms with Gasteiger partial charge in [-0.3, -0.25) is 4.84 Å². The number of nitrogens with two attached hydrogens (primary N) is 1. The summed E-state index contributed by atoms with van der Waals surface area (Å²) in [7, 11) is 0. The van der Waals surface area contributed by atoms with Crippen LogP contribution in [0.3, 0.4) is 0 Å². The number of benzene rings is 2. The number of hydrogen-bond acceptors (Lipinski definition) is 5. The van der Waals surface area contributed by atoms with Crippen molar-refractivity contribution < 1.29 is 32.7 Å². The molecule has 1 aliphatic rings. The van der Waals surface area contributed by atoms with Crippen LogP contribution >= 0.6 is 0 Å². The first-order valence-electron chi connectivity index (χ1n) is 11.5. The van der Waals surface area contributed by atoms with Crippen molar-refractivity contribution in [3.05, 3.63) is 101 Å². The lowest BCUT2D eigenvalue weighted by Gasteiger charge is -2.36. The first kappa shape index (κ1) is 27.2. The van der Waals surface area contributed by atoms with Crippen molar-refractivity contribution in [1.82, 2.24) is 19.7 Å². The molecule has 1 unspecified atom stereocenters. The van der Waals surface area contributed by atoms with Gasteiger partial charge in [0, 0.05) is 18.2 Å². The van der Waals surface area contributed by atoms with Gasteiger partial charge in [0.05, 0.1) is 12.8 Å². The molecule has 2 aromatic carbocycles. The zero-order valence-electron chi connectivity index (χ0n) is 20.5. The SMILES string of the molecule is Cc1ccc(C2(c3ccccc3)CCON2C(N)=O)cc1C#Cc1cnc2cccnn12.O=C(O)C(F)(F)F. The van der Waals surface area contributed by atoms with Crippen LogP contribution < -0.4 is 5.73 Å². The highest BCUT2D eigenvalue weighted by Gasteiger charge is 2.48. The number of aromatic nitrogens is 3. The summed E-state index contributed by atoms with van der Waals surface area (Å²) in [5, 5.41) is 12.7. The number of aliphatic carboxylic acids is 1. The molecule has 1 aliphatic heterocycles. The molecule has 4 aromatic rings. The second-order valence-corrected chi connectivity index (χ2v) is 8.46. The fourth-order valence-corrected chi connectivity index (χ4v) is 4.21. The molecule has 2 amide bonds. The molecule has 0 aliphatic carbocycles. The molecular weight excluding hydrogens is 515 g/mol. The van der Waals surface area contributed by atoms with Gasteiger partial charge >= 0.3 is 18.2 Å². The Hall–Kier alpha value is -4.89. The smallest absolute Gasteiger partial charge is 0.475 e. The number of urea groups is 1. The number of nitrogens with zero attached hydrogens (tertiary/aromatic N) is 4. The van der Waals surface area contributed by atoms with Crippen LogP contribution in [0.5, 0.6) is 0 Å². The second-order valence-electron chi connectivity index (χ2n) is 8.46. The van der Waals surface area contributed by atoms with Gasteiger partial charge < -0.3 is 10.8 Å². The van der Waals surface area contributed by atoms with Crippen molar-refractivity contribution in [1.29, 1.82) is 0 Å². The average Bonchev–Trinajstić information content (AvgIpc) is 3.54. The van der Waals surface area contributed by atoms with Gasteiger partial charge in [-0.2, -0.15) is 23.3 Å². The maximum Gasteiger partial charge on any atom is 0.490 e. The van der Waals surface area contributed by atoms with Gasteiger partial charge in [-0.25, -0.2) is 19.1 Å². The van der Waals surface area contributed by atoms with Crippen molar-refractivity contribution in [2.24, 2.45) is 5.73 Å². The molecule has 1 atom stereocenters. The van der Waals surface area contributed by atoms with E-state index in [1.165, 1.54) is 5.06 Å². The molecule has 2 aromatic heterocycles. The van der Waals surface area contributed by atoms with Crippen molar-refractivity contribution in [2.75, 3.05) is 6.61 Å². The summed E-state index contributed by atoms with van der Waals surface area (Å²) in [6.45, 7) is 2.40. The van der Waals surface area contributed by atoms with Gasteiger partial charge in [0.1, 0.15) is 11.2 Å². The van der Waals surface area contributed by atoms with E-state index in [1.807, 2.05) is 67.6 Å². The third-order valence-corrected chi connectivity index (χ3v) is 6.04. The van der Waals surface area contributed by atoms with Gasteiger partial charge in [-0.15, -0.1) is 0 Å². The monoisotopic (exact) mass is 537 g/mol. The van der Waals surface area contributed by atoms with Gasteiger partial charge in [0.15, 0.2) is 5.65 Å². The highest BCUT2D eigenvalue weighted by Crippen LogP contribution is 2.43. The minimum absolute atomic E-state index is 0.389. The Labute approximate surface area is 220 Å². The van der Waals surface area contributed by atoms with E-state index < -0.39 is 23.7 Å². The number of carboxylic acids is 1. The molecule has 39 heavy (non-hydrogen) atoms. The number of imidazole rings is 1. The molecule has 3 heterocycles. The van der Waals surface area contributed by atoms with E-state index in [2.05, 4.69) is 21.9 Å². The zero-order valence-corrected chi connectivity index (χ0v) is 20.5. The van der Waals surface area contributed by atoms with Crippen LogP contribution in [0.15, 0.2) is 73.1 Å². The second kappa shape index (κ2) is 10.8. The number of fused-ring (bicyclic) bond motifs is 1. The molecule has 12 heteroatoms. The normalized spacial score (nSPS) is 16.7. The minimum Gasteiger partial charge on any atom is -0.475 e. The summed E-state index contributed by atoms with van der Waals surface area (Å²) >= 11 is 0.